The van der Waals surface area contributed by atoms with E-state index in [0.717, 1.165) is 0 Å². The molecule has 0 spiro atoms. The van der Waals surface area contributed by atoms with Gasteiger partial charge in [0.2, 0.25) is 0 Å². The molecule has 0 saturated carbocycles. The van der Waals surface area contributed by atoms with Crippen LogP contribution in [0.5, 0.6) is 0 Å². The van der Waals surface area contributed by atoms with Gasteiger partial charge in [-0.1, -0.05) is 13.8 Å². The molecule has 2 unspecified atom stereocenters. The summed E-state index contributed by atoms with van der Waals surface area (Å²) in [6.45, 7) is 4.00. The number of amides is 1. The first-order chi connectivity index (χ1) is 18.8. The number of piperidine rings is 1. The van der Waals surface area contributed by atoms with E-state index in [1.165, 1.54) is 28.9 Å². The average molecular weight is 597 g/mol. The fourth-order valence-corrected chi connectivity index (χ4v) is 4.99. The number of carboxylic acids is 1. The van der Waals surface area contributed by atoms with Gasteiger partial charge in [-0.05, 0) is 68.2 Å². The van der Waals surface area contributed by atoms with Gasteiger partial charge in [0.15, 0.2) is 5.69 Å². The van der Waals surface area contributed by atoms with Crippen molar-refractivity contribution >= 4 is 11.9 Å². The van der Waals surface area contributed by atoms with Crippen LogP contribution in [0.15, 0.2) is 24.3 Å². The Hall–Kier alpha value is -2.03. The summed E-state index contributed by atoms with van der Waals surface area (Å²) in [5.41, 5.74) is 1.78. The molecule has 1 aromatic heterocycles. The van der Waals surface area contributed by atoms with Crippen molar-refractivity contribution in [3.63, 3.8) is 0 Å². The van der Waals surface area contributed by atoms with E-state index in [-0.39, 0.29) is 87.3 Å². The maximum atomic E-state index is 13.6. The second-order valence-electron chi connectivity index (χ2n) is 10.6. The monoisotopic (exact) mass is 596 g/mol. The zero-order valence-electron chi connectivity index (χ0n) is 24.4. The summed E-state index contributed by atoms with van der Waals surface area (Å²) in [6, 6.07) is 3.93. The second-order valence-corrected chi connectivity index (χ2v) is 10.6. The van der Waals surface area contributed by atoms with Crippen molar-refractivity contribution < 1.29 is 73.5 Å². The van der Waals surface area contributed by atoms with Crippen LogP contribution >= 0.6 is 0 Å². The molecule has 2 aromatic rings. The third-order valence-corrected chi connectivity index (χ3v) is 7.02. The number of rotatable bonds is 12. The normalized spacial score (nSPS) is 19.0. The van der Waals surface area contributed by atoms with Crippen molar-refractivity contribution in [3.05, 3.63) is 47.0 Å². The van der Waals surface area contributed by atoms with Crippen LogP contribution in [0.4, 0.5) is 17.6 Å². The van der Waals surface area contributed by atoms with Crippen LogP contribution in [0.2, 0.25) is 0 Å². The number of aliphatic carboxylic acids is 1. The molecule has 0 aliphatic carbocycles. The third kappa shape index (κ3) is 10.0. The molecule has 41 heavy (non-hydrogen) atoms. The van der Waals surface area contributed by atoms with Crippen LogP contribution in [0.3, 0.4) is 0 Å². The van der Waals surface area contributed by atoms with Gasteiger partial charge in [0, 0.05) is 24.3 Å². The van der Waals surface area contributed by atoms with E-state index in [0.29, 0.717) is 23.4 Å². The Labute approximate surface area is 259 Å². The van der Waals surface area contributed by atoms with E-state index >= 15 is 0 Å². The summed E-state index contributed by atoms with van der Waals surface area (Å²) in [6.07, 6.45) is -6.62. The molecular formula is C27H37F4N4NaO5. The Kier molecular flexibility index (Phi) is 13.2. The number of aliphatic hydroxyl groups excluding tert-OH is 2. The zero-order chi connectivity index (χ0) is 29.6. The molecule has 9 nitrogen and oxygen atoms in total. The Morgan fingerprint density at radius 3 is 2.37 bits per heavy atom. The molecule has 1 aromatic carbocycles. The largest absolute Gasteiger partial charge is 1.00 e. The minimum atomic E-state index is -4.31. The maximum Gasteiger partial charge on any atom is 1.00 e. The predicted molar refractivity (Wildman–Crippen MR) is 139 cm³/mol. The number of carboxylic acid groups (broad SMARTS) is 1. The summed E-state index contributed by atoms with van der Waals surface area (Å²) in [5.74, 6) is -2.52. The van der Waals surface area contributed by atoms with Gasteiger partial charge >= 0.3 is 41.7 Å². The summed E-state index contributed by atoms with van der Waals surface area (Å²) in [4.78, 5) is 24.1. The first-order valence-corrected chi connectivity index (χ1v) is 13.3. The first-order valence-electron chi connectivity index (χ1n) is 13.3. The Morgan fingerprint density at radius 2 is 1.83 bits per heavy atom. The van der Waals surface area contributed by atoms with Gasteiger partial charge < -0.3 is 27.4 Å². The molecule has 3 rings (SSSR count). The maximum absolute atomic E-state index is 13.6. The van der Waals surface area contributed by atoms with Crippen molar-refractivity contribution in [1.82, 2.24) is 20.4 Å². The van der Waals surface area contributed by atoms with Crippen LogP contribution in [0.25, 0.3) is 5.69 Å². The van der Waals surface area contributed by atoms with Gasteiger partial charge in [0.05, 0.1) is 24.3 Å². The van der Waals surface area contributed by atoms with Crippen LogP contribution in [0, 0.1) is 11.7 Å². The molecule has 1 saturated heterocycles. The van der Waals surface area contributed by atoms with Gasteiger partial charge in [-0.3, -0.25) is 9.59 Å². The number of alkyl halides is 3. The smallest absolute Gasteiger partial charge is 1.00 e. The topological polar surface area (TPSA) is 137 Å². The molecule has 1 fully saturated rings. The minimum absolute atomic E-state index is 0. The van der Waals surface area contributed by atoms with E-state index < -0.39 is 48.5 Å². The number of hydrogen-bond acceptors (Lipinski definition) is 6. The number of halogens is 4. The second kappa shape index (κ2) is 15.4. The first kappa shape index (κ1) is 35.2. The molecule has 1 amide bonds. The Morgan fingerprint density at radius 1 is 1.17 bits per heavy atom. The van der Waals surface area contributed by atoms with Crippen LogP contribution in [-0.4, -0.2) is 74.5 Å². The summed E-state index contributed by atoms with van der Waals surface area (Å²) in [7, 11) is 0. The number of hydrogen-bond donors (Lipinski definition) is 5. The van der Waals surface area contributed by atoms with Crippen LogP contribution in [0.1, 0.15) is 75.0 Å². The third-order valence-electron chi connectivity index (χ3n) is 7.02. The zero-order valence-corrected chi connectivity index (χ0v) is 25.4. The Balaban J connectivity index is 0.00000441. The Bertz CT molecular complexity index is 1160. The summed E-state index contributed by atoms with van der Waals surface area (Å²) < 4.78 is 53.9. The van der Waals surface area contributed by atoms with Gasteiger partial charge in [0.25, 0.3) is 5.91 Å². The van der Waals surface area contributed by atoms with Gasteiger partial charge in [-0.2, -0.15) is 18.3 Å². The van der Waals surface area contributed by atoms with Crippen LogP contribution < -0.4 is 40.2 Å². The quantitative estimate of drug-likeness (QED) is 0.177. The standard InChI is InChI=1S/C27H36F4N4O5.Na.H/c1-15(2)24-21(9-8-19(36)11-20(37)12-23(38)39)35(18-6-4-17(28)5-7-18)34-25(24)26(40)33-14-16-3-10-22(32-13-16)27(29,30)31;;/h4-7,15-16,19-20,22,32,36-37H,3,8-14H2,1-2H3,(H,33,40)(H,38,39);;/q;+1;-1/t16?,19-,20-,22?;;/m1../s1. The minimum Gasteiger partial charge on any atom is -1.00 e. The molecule has 224 valence electrons. The molecule has 14 heteroatoms. The van der Waals surface area contributed by atoms with Crippen molar-refractivity contribution in [3.8, 4) is 5.69 Å². The number of carbonyl (C=O) groups excluding carboxylic acids is 1. The van der Waals surface area contributed by atoms with E-state index in [1.807, 2.05) is 13.8 Å². The fraction of sp³-hybridized carbons (Fsp3) is 0.593. The molecule has 2 heterocycles. The summed E-state index contributed by atoms with van der Waals surface area (Å²) >= 11 is 0. The van der Waals surface area contributed by atoms with Crippen molar-refractivity contribution in [2.75, 3.05) is 13.1 Å². The van der Waals surface area contributed by atoms with Crippen molar-refractivity contribution in [2.24, 2.45) is 5.92 Å². The van der Waals surface area contributed by atoms with Gasteiger partial charge in [-0.15, -0.1) is 0 Å². The SMILES string of the molecule is CC(C)c1c(C(=O)NCC2CCC(C(F)(F)F)NC2)nn(-c2ccc(F)cc2)c1CC[C@@H](O)C[C@@H](O)CC(=O)O.[H-].[Na+]. The van der Waals surface area contributed by atoms with E-state index in [1.54, 1.807) is 0 Å². The number of aromatic nitrogens is 2. The predicted octanol–water partition coefficient (Wildman–Crippen LogP) is 0.431. The number of aliphatic hydroxyl groups is 2. The molecule has 5 N–H and O–H groups in total. The molecular weight excluding hydrogens is 559 g/mol. The molecule has 4 atom stereocenters. The number of benzene rings is 1. The van der Waals surface area contributed by atoms with E-state index in [2.05, 4.69) is 15.7 Å². The van der Waals surface area contributed by atoms with Gasteiger partial charge in [0.1, 0.15) is 11.9 Å². The van der Waals surface area contributed by atoms with E-state index in [9.17, 15) is 37.4 Å². The van der Waals surface area contributed by atoms with Gasteiger partial charge in [-0.25, -0.2) is 9.07 Å². The van der Waals surface area contributed by atoms with Crippen LogP contribution in [-0.2, 0) is 11.2 Å². The number of nitrogens with zero attached hydrogens (tertiary/aromatic N) is 2. The molecule has 0 radical (unpaired) electrons. The summed E-state index contributed by atoms with van der Waals surface area (Å²) in [5, 5.41) is 39.0. The van der Waals surface area contributed by atoms with Crippen molar-refractivity contribution in [2.45, 2.75) is 82.7 Å². The van der Waals surface area contributed by atoms with E-state index in [4.69, 9.17) is 5.11 Å². The number of nitrogens with one attached hydrogen (secondary N) is 2. The van der Waals surface area contributed by atoms with Crippen molar-refractivity contribution in [1.29, 1.82) is 0 Å². The fourth-order valence-electron chi connectivity index (χ4n) is 4.99. The molecule has 0 bridgehead atoms. The average Bonchev–Trinajstić information content (AvgIpc) is 3.25. The molecule has 1 aliphatic rings. The number of carbonyl (C=O) groups is 2. The molecule has 1 aliphatic heterocycles.